The van der Waals surface area contributed by atoms with Gasteiger partial charge in [0.1, 0.15) is 6.61 Å². The summed E-state index contributed by atoms with van der Waals surface area (Å²) in [6.45, 7) is 0.418. The molecule has 0 aliphatic rings. The fourth-order valence-electron chi connectivity index (χ4n) is 1.52. The van der Waals surface area contributed by atoms with Gasteiger partial charge in [0.2, 0.25) is 5.75 Å². The number of methoxy groups -OCH3 is 1. The zero-order valence-corrected chi connectivity index (χ0v) is 9.59. The number of rotatable bonds is 4. The number of phenols is 1. The molecule has 3 heteroatoms. The fourth-order valence-corrected chi connectivity index (χ4v) is 1.52. The fraction of sp³-hybridized carbons (Fsp3) is 0.143. The van der Waals surface area contributed by atoms with Crippen molar-refractivity contribution in [3.63, 3.8) is 0 Å². The van der Waals surface area contributed by atoms with E-state index in [-0.39, 0.29) is 5.75 Å². The first-order valence-electron chi connectivity index (χ1n) is 5.34. The van der Waals surface area contributed by atoms with Crippen LogP contribution in [0, 0.1) is 0 Å². The van der Waals surface area contributed by atoms with Gasteiger partial charge in [0.05, 0.1) is 7.11 Å². The zero-order chi connectivity index (χ0) is 12.1. The second-order valence-corrected chi connectivity index (χ2v) is 3.58. The van der Waals surface area contributed by atoms with Gasteiger partial charge >= 0.3 is 0 Å². The van der Waals surface area contributed by atoms with Crippen molar-refractivity contribution in [2.24, 2.45) is 0 Å². The summed E-state index contributed by atoms with van der Waals surface area (Å²) in [6, 6.07) is 15.0. The van der Waals surface area contributed by atoms with Crippen LogP contribution < -0.4 is 9.47 Å². The van der Waals surface area contributed by atoms with Crippen LogP contribution in [0.25, 0.3) is 0 Å². The van der Waals surface area contributed by atoms with Crippen LogP contribution in [0.2, 0.25) is 0 Å². The van der Waals surface area contributed by atoms with Gasteiger partial charge in [-0.1, -0.05) is 36.4 Å². The van der Waals surface area contributed by atoms with Crippen molar-refractivity contribution in [2.75, 3.05) is 7.11 Å². The first kappa shape index (κ1) is 11.3. The highest BCUT2D eigenvalue weighted by Crippen LogP contribution is 2.35. The smallest absolute Gasteiger partial charge is 0.200 e. The van der Waals surface area contributed by atoms with Gasteiger partial charge in [-0.3, -0.25) is 0 Å². The highest BCUT2D eigenvalue weighted by atomic mass is 16.5. The standard InChI is InChI=1S/C14H14O3/c1-16-12-8-5-9-13(14(12)15)17-10-11-6-3-2-4-7-11/h2-9,15H,10H2,1H3. The summed E-state index contributed by atoms with van der Waals surface area (Å²) in [6.07, 6.45) is 0. The van der Waals surface area contributed by atoms with Crippen LogP contribution in [0.1, 0.15) is 5.56 Å². The van der Waals surface area contributed by atoms with Crippen molar-refractivity contribution in [3.8, 4) is 17.2 Å². The molecule has 0 unspecified atom stereocenters. The van der Waals surface area contributed by atoms with E-state index in [2.05, 4.69) is 0 Å². The molecule has 0 amide bonds. The molecule has 0 fully saturated rings. The van der Waals surface area contributed by atoms with Crippen molar-refractivity contribution < 1.29 is 14.6 Å². The number of hydrogen-bond donors (Lipinski definition) is 1. The van der Waals surface area contributed by atoms with E-state index in [1.807, 2.05) is 30.3 Å². The summed E-state index contributed by atoms with van der Waals surface area (Å²) in [7, 11) is 1.51. The van der Waals surface area contributed by atoms with Gasteiger partial charge in [-0.2, -0.15) is 0 Å². The predicted molar refractivity (Wildman–Crippen MR) is 65.4 cm³/mol. The molecule has 0 spiro atoms. The van der Waals surface area contributed by atoms with Gasteiger partial charge < -0.3 is 14.6 Å². The van der Waals surface area contributed by atoms with Gasteiger partial charge in [0.25, 0.3) is 0 Å². The first-order valence-corrected chi connectivity index (χ1v) is 5.34. The van der Waals surface area contributed by atoms with E-state index >= 15 is 0 Å². The molecule has 2 aromatic rings. The molecule has 0 saturated carbocycles. The van der Waals surface area contributed by atoms with E-state index in [4.69, 9.17) is 9.47 Å². The summed E-state index contributed by atoms with van der Waals surface area (Å²) < 4.78 is 10.5. The van der Waals surface area contributed by atoms with Crippen LogP contribution in [0.5, 0.6) is 17.2 Å². The summed E-state index contributed by atoms with van der Waals surface area (Å²) in [4.78, 5) is 0. The number of aromatic hydroxyl groups is 1. The maximum Gasteiger partial charge on any atom is 0.200 e. The monoisotopic (exact) mass is 230 g/mol. The van der Waals surface area contributed by atoms with Crippen molar-refractivity contribution in [1.29, 1.82) is 0 Å². The summed E-state index contributed by atoms with van der Waals surface area (Å²) in [5.41, 5.74) is 1.05. The molecule has 0 atom stereocenters. The molecule has 0 bridgehead atoms. The third-order valence-corrected chi connectivity index (χ3v) is 2.42. The van der Waals surface area contributed by atoms with Crippen LogP contribution in [-0.2, 0) is 6.61 Å². The molecule has 0 radical (unpaired) electrons. The third-order valence-electron chi connectivity index (χ3n) is 2.42. The van der Waals surface area contributed by atoms with E-state index in [9.17, 15) is 5.11 Å². The highest BCUT2D eigenvalue weighted by molar-refractivity contribution is 5.49. The maximum atomic E-state index is 9.82. The van der Waals surface area contributed by atoms with E-state index in [1.54, 1.807) is 18.2 Å². The summed E-state index contributed by atoms with van der Waals surface area (Å²) >= 11 is 0. The van der Waals surface area contributed by atoms with E-state index < -0.39 is 0 Å². The minimum Gasteiger partial charge on any atom is -0.502 e. The number of ether oxygens (including phenoxy) is 2. The largest absolute Gasteiger partial charge is 0.502 e. The Bertz CT molecular complexity index is 480. The number of hydrogen-bond acceptors (Lipinski definition) is 3. The van der Waals surface area contributed by atoms with Crippen LogP contribution >= 0.6 is 0 Å². The Morgan fingerprint density at radius 2 is 1.65 bits per heavy atom. The molecule has 2 rings (SSSR count). The van der Waals surface area contributed by atoms with Crippen molar-refractivity contribution in [2.45, 2.75) is 6.61 Å². The quantitative estimate of drug-likeness (QED) is 0.877. The van der Waals surface area contributed by atoms with Crippen LogP contribution in [0.15, 0.2) is 48.5 Å². The van der Waals surface area contributed by atoms with Crippen LogP contribution in [0.3, 0.4) is 0 Å². The topological polar surface area (TPSA) is 38.7 Å². The molecular weight excluding hydrogens is 216 g/mol. The molecule has 0 aliphatic heterocycles. The molecule has 0 aliphatic carbocycles. The Morgan fingerprint density at radius 3 is 2.35 bits per heavy atom. The lowest BCUT2D eigenvalue weighted by Crippen LogP contribution is -1.96. The maximum absolute atomic E-state index is 9.82. The van der Waals surface area contributed by atoms with Gasteiger partial charge in [-0.05, 0) is 17.7 Å². The SMILES string of the molecule is COc1cccc(OCc2ccccc2)c1O. The molecule has 3 nitrogen and oxygen atoms in total. The summed E-state index contributed by atoms with van der Waals surface area (Å²) in [5.74, 6) is 0.870. The Labute approximate surface area is 100 Å². The van der Waals surface area contributed by atoms with Gasteiger partial charge in [-0.15, -0.1) is 0 Å². The van der Waals surface area contributed by atoms with E-state index in [1.165, 1.54) is 7.11 Å². The second kappa shape index (κ2) is 5.25. The highest BCUT2D eigenvalue weighted by Gasteiger charge is 2.07. The minimum atomic E-state index is 0.0333. The Kier molecular flexibility index (Phi) is 3.50. The van der Waals surface area contributed by atoms with E-state index in [0.29, 0.717) is 18.1 Å². The zero-order valence-electron chi connectivity index (χ0n) is 9.59. The molecule has 0 aromatic heterocycles. The molecule has 0 heterocycles. The number of benzene rings is 2. The molecule has 2 aromatic carbocycles. The predicted octanol–water partition coefficient (Wildman–Crippen LogP) is 2.98. The number of para-hydroxylation sites is 1. The Balaban J connectivity index is 2.09. The average Bonchev–Trinajstić information content (AvgIpc) is 2.39. The lowest BCUT2D eigenvalue weighted by atomic mass is 10.2. The first-order chi connectivity index (χ1) is 8.31. The van der Waals surface area contributed by atoms with Gasteiger partial charge in [0, 0.05) is 0 Å². The second-order valence-electron chi connectivity index (χ2n) is 3.58. The molecule has 0 saturated heterocycles. The molecule has 88 valence electrons. The normalized spacial score (nSPS) is 9.94. The van der Waals surface area contributed by atoms with Crippen LogP contribution in [0.4, 0.5) is 0 Å². The Hall–Kier alpha value is -2.16. The lowest BCUT2D eigenvalue weighted by Gasteiger charge is -2.10. The average molecular weight is 230 g/mol. The molecule has 17 heavy (non-hydrogen) atoms. The van der Waals surface area contributed by atoms with Crippen molar-refractivity contribution in [3.05, 3.63) is 54.1 Å². The van der Waals surface area contributed by atoms with Gasteiger partial charge in [0.15, 0.2) is 11.5 Å². The molecular formula is C14H14O3. The Morgan fingerprint density at radius 1 is 0.941 bits per heavy atom. The van der Waals surface area contributed by atoms with Crippen molar-refractivity contribution in [1.82, 2.24) is 0 Å². The minimum absolute atomic E-state index is 0.0333. The van der Waals surface area contributed by atoms with Gasteiger partial charge in [-0.25, -0.2) is 0 Å². The lowest BCUT2D eigenvalue weighted by molar-refractivity contribution is 0.281. The van der Waals surface area contributed by atoms with Crippen molar-refractivity contribution >= 4 is 0 Å². The molecule has 1 N–H and O–H groups in total. The van der Waals surface area contributed by atoms with E-state index in [0.717, 1.165) is 5.56 Å². The third kappa shape index (κ3) is 2.69. The van der Waals surface area contributed by atoms with Crippen LogP contribution in [-0.4, -0.2) is 12.2 Å². The number of phenolic OH excluding ortho intramolecular Hbond substituents is 1. The summed E-state index contributed by atoms with van der Waals surface area (Å²) in [5, 5.41) is 9.82.